The Kier molecular flexibility index (Phi) is 8.41. The van der Waals surface area contributed by atoms with Gasteiger partial charge in [-0.25, -0.2) is 0 Å². The zero-order valence-electron chi connectivity index (χ0n) is 13.9. The molecular formula is C18H24ClNO3. The second-order valence-corrected chi connectivity index (χ2v) is 5.88. The van der Waals surface area contributed by atoms with Gasteiger partial charge in [-0.3, -0.25) is 9.59 Å². The molecule has 23 heavy (non-hydrogen) atoms. The van der Waals surface area contributed by atoms with Crippen molar-refractivity contribution in [2.75, 3.05) is 20.2 Å². The third kappa shape index (κ3) is 6.87. The highest BCUT2D eigenvalue weighted by molar-refractivity contribution is 6.30. The van der Waals surface area contributed by atoms with Gasteiger partial charge in [0.2, 0.25) is 5.91 Å². The van der Waals surface area contributed by atoms with Gasteiger partial charge in [0.05, 0.1) is 13.0 Å². The maximum atomic E-state index is 12.4. The highest BCUT2D eigenvalue weighted by Crippen LogP contribution is 2.11. The molecule has 1 atom stereocenters. The molecule has 0 aliphatic rings. The fraction of sp³-hybridized carbons (Fsp3) is 0.444. The summed E-state index contributed by atoms with van der Waals surface area (Å²) >= 11 is 5.84. The smallest absolute Gasteiger partial charge is 0.310 e. The summed E-state index contributed by atoms with van der Waals surface area (Å²) in [6, 6.07) is 7.25. The zero-order valence-corrected chi connectivity index (χ0v) is 14.7. The average Bonchev–Trinajstić information content (AvgIpc) is 2.56. The Morgan fingerprint density at radius 2 is 1.96 bits per heavy atom. The van der Waals surface area contributed by atoms with Gasteiger partial charge in [-0.05, 0) is 30.2 Å². The molecule has 0 N–H and O–H groups in total. The monoisotopic (exact) mass is 337 g/mol. The molecule has 1 aromatic rings. The van der Waals surface area contributed by atoms with Crippen molar-refractivity contribution in [3.8, 4) is 0 Å². The molecule has 5 heteroatoms. The topological polar surface area (TPSA) is 46.6 Å². The summed E-state index contributed by atoms with van der Waals surface area (Å²) in [4.78, 5) is 25.7. The average molecular weight is 338 g/mol. The number of hydrogen-bond acceptors (Lipinski definition) is 3. The Hall–Kier alpha value is -1.81. The molecule has 0 spiro atoms. The maximum absolute atomic E-state index is 12.4. The zero-order chi connectivity index (χ0) is 17.2. The van der Waals surface area contributed by atoms with Crippen LogP contribution in [0.1, 0.15) is 32.3 Å². The number of carbonyl (C=O) groups is 2. The molecule has 0 heterocycles. The molecule has 1 unspecified atom stereocenters. The number of ether oxygens (including phenoxy) is 1. The highest BCUT2D eigenvalue weighted by Gasteiger charge is 2.19. The number of carbonyl (C=O) groups excluding carboxylic acids is 2. The van der Waals surface area contributed by atoms with Crippen LogP contribution in [0.5, 0.6) is 0 Å². The van der Waals surface area contributed by atoms with E-state index < -0.39 is 0 Å². The molecule has 0 aliphatic heterocycles. The van der Waals surface area contributed by atoms with Crippen LogP contribution in [0, 0.1) is 5.92 Å². The Bertz CT molecular complexity index is 540. The van der Waals surface area contributed by atoms with Gasteiger partial charge >= 0.3 is 5.97 Å². The summed E-state index contributed by atoms with van der Waals surface area (Å²) < 4.78 is 4.73. The van der Waals surface area contributed by atoms with Crippen molar-refractivity contribution in [2.24, 2.45) is 5.92 Å². The van der Waals surface area contributed by atoms with Gasteiger partial charge in [0, 0.05) is 24.2 Å². The first-order chi connectivity index (χ1) is 11.0. The van der Waals surface area contributed by atoms with Crippen LogP contribution in [0.4, 0.5) is 0 Å². The Morgan fingerprint density at radius 3 is 2.52 bits per heavy atom. The van der Waals surface area contributed by atoms with Gasteiger partial charge in [-0.15, -0.1) is 0 Å². The number of methoxy groups -OCH3 is 1. The lowest BCUT2D eigenvalue weighted by Crippen LogP contribution is -2.37. The minimum Gasteiger partial charge on any atom is -0.469 e. The van der Waals surface area contributed by atoms with E-state index in [4.69, 9.17) is 16.3 Å². The Balaban J connectivity index is 2.74. The van der Waals surface area contributed by atoms with Crippen LogP contribution in [-0.2, 0) is 14.3 Å². The number of halogens is 1. The standard InChI is InChI=1S/C18H24ClNO3/c1-4-5-12-20(13-14(2)18(22)23-3)17(21)11-8-15-6-9-16(19)10-7-15/h6-11,14H,4-5,12-13H2,1-3H3/b11-8+. The van der Waals surface area contributed by atoms with Crippen molar-refractivity contribution in [1.82, 2.24) is 4.90 Å². The first-order valence-electron chi connectivity index (χ1n) is 7.78. The fourth-order valence-corrected chi connectivity index (χ4v) is 2.22. The molecule has 4 nitrogen and oxygen atoms in total. The third-order valence-corrected chi connectivity index (χ3v) is 3.73. The SMILES string of the molecule is CCCCN(CC(C)C(=O)OC)C(=O)/C=C/c1ccc(Cl)cc1. The first-order valence-corrected chi connectivity index (χ1v) is 8.16. The maximum Gasteiger partial charge on any atom is 0.310 e. The number of unbranched alkanes of at least 4 members (excludes halogenated alkanes) is 1. The van der Waals surface area contributed by atoms with Crippen LogP contribution in [0.25, 0.3) is 6.08 Å². The highest BCUT2D eigenvalue weighted by atomic mass is 35.5. The molecule has 1 aromatic carbocycles. The van der Waals surface area contributed by atoms with E-state index in [0.717, 1.165) is 18.4 Å². The fourth-order valence-electron chi connectivity index (χ4n) is 2.09. The van der Waals surface area contributed by atoms with Crippen LogP contribution in [0.15, 0.2) is 30.3 Å². The summed E-state index contributed by atoms with van der Waals surface area (Å²) in [5.41, 5.74) is 0.902. The number of amides is 1. The number of benzene rings is 1. The molecule has 0 aliphatic carbocycles. The Morgan fingerprint density at radius 1 is 1.30 bits per heavy atom. The van der Waals surface area contributed by atoms with Gasteiger partial charge in [-0.2, -0.15) is 0 Å². The molecular weight excluding hydrogens is 314 g/mol. The molecule has 1 amide bonds. The van der Waals surface area contributed by atoms with Crippen molar-refractivity contribution in [2.45, 2.75) is 26.7 Å². The van der Waals surface area contributed by atoms with E-state index in [-0.39, 0.29) is 17.8 Å². The van der Waals surface area contributed by atoms with Gasteiger partial charge in [0.25, 0.3) is 0 Å². The van der Waals surface area contributed by atoms with Gasteiger partial charge in [0.1, 0.15) is 0 Å². The van der Waals surface area contributed by atoms with Gasteiger partial charge in [0.15, 0.2) is 0 Å². The number of esters is 1. The van der Waals surface area contributed by atoms with Crippen molar-refractivity contribution in [1.29, 1.82) is 0 Å². The molecule has 0 fully saturated rings. The van der Waals surface area contributed by atoms with Crippen molar-refractivity contribution in [3.05, 3.63) is 40.9 Å². The van der Waals surface area contributed by atoms with Gasteiger partial charge in [-0.1, -0.05) is 44.0 Å². The third-order valence-electron chi connectivity index (χ3n) is 3.48. The molecule has 126 valence electrons. The van der Waals surface area contributed by atoms with Crippen LogP contribution in [0.3, 0.4) is 0 Å². The first kappa shape index (κ1) is 19.2. The Labute approximate surface area is 143 Å². The van der Waals surface area contributed by atoms with E-state index in [9.17, 15) is 9.59 Å². The number of hydrogen-bond donors (Lipinski definition) is 0. The molecule has 0 radical (unpaired) electrons. The second kappa shape index (κ2) is 10.1. The lowest BCUT2D eigenvalue weighted by Gasteiger charge is -2.23. The van der Waals surface area contributed by atoms with Crippen molar-refractivity contribution in [3.63, 3.8) is 0 Å². The summed E-state index contributed by atoms with van der Waals surface area (Å²) in [6.07, 6.45) is 5.16. The summed E-state index contributed by atoms with van der Waals surface area (Å²) in [5, 5.41) is 0.657. The predicted octanol–water partition coefficient (Wildman–Crippen LogP) is 3.79. The van der Waals surface area contributed by atoms with E-state index in [1.807, 2.05) is 12.1 Å². The summed E-state index contributed by atoms with van der Waals surface area (Å²) in [6.45, 7) is 4.81. The van der Waals surface area contributed by atoms with Crippen molar-refractivity contribution >= 4 is 29.6 Å². The van der Waals surface area contributed by atoms with Crippen molar-refractivity contribution < 1.29 is 14.3 Å². The predicted molar refractivity (Wildman–Crippen MR) is 93.2 cm³/mol. The van der Waals surface area contributed by atoms with E-state index in [2.05, 4.69) is 6.92 Å². The number of nitrogens with zero attached hydrogens (tertiary/aromatic N) is 1. The lowest BCUT2D eigenvalue weighted by molar-refractivity contribution is -0.146. The second-order valence-electron chi connectivity index (χ2n) is 5.45. The minimum absolute atomic E-state index is 0.107. The molecule has 1 rings (SSSR count). The van der Waals surface area contributed by atoms with E-state index in [1.54, 1.807) is 30.0 Å². The van der Waals surface area contributed by atoms with Crippen LogP contribution in [0.2, 0.25) is 5.02 Å². The quantitative estimate of drug-likeness (QED) is 0.535. The van der Waals surface area contributed by atoms with E-state index in [0.29, 0.717) is 18.1 Å². The van der Waals surface area contributed by atoms with Crippen LogP contribution in [-0.4, -0.2) is 37.0 Å². The van der Waals surface area contributed by atoms with Crippen LogP contribution >= 0.6 is 11.6 Å². The molecule has 0 aromatic heterocycles. The summed E-state index contributed by atoms with van der Waals surface area (Å²) in [5.74, 6) is -0.755. The molecule has 0 saturated heterocycles. The summed E-state index contributed by atoms with van der Waals surface area (Å²) in [7, 11) is 1.36. The largest absolute Gasteiger partial charge is 0.469 e. The lowest BCUT2D eigenvalue weighted by atomic mass is 10.1. The van der Waals surface area contributed by atoms with Gasteiger partial charge < -0.3 is 9.64 Å². The van der Waals surface area contributed by atoms with E-state index >= 15 is 0 Å². The normalized spacial score (nSPS) is 12.2. The molecule has 0 saturated carbocycles. The number of rotatable bonds is 8. The van der Waals surface area contributed by atoms with Crippen LogP contribution < -0.4 is 0 Å². The molecule has 0 bridgehead atoms. The van der Waals surface area contributed by atoms with E-state index in [1.165, 1.54) is 13.2 Å². The minimum atomic E-state index is -0.343.